The van der Waals surface area contributed by atoms with E-state index >= 15 is 0 Å². The highest BCUT2D eigenvalue weighted by Gasteiger charge is 2.26. The molecule has 0 saturated heterocycles. The van der Waals surface area contributed by atoms with Crippen LogP contribution in [0.4, 0.5) is 11.4 Å². The van der Waals surface area contributed by atoms with Crippen molar-refractivity contribution in [3.05, 3.63) is 34.4 Å². The van der Waals surface area contributed by atoms with Gasteiger partial charge in [-0.15, -0.1) is 0 Å². The second kappa shape index (κ2) is 6.36. The fourth-order valence-electron chi connectivity index (χ4n) is 2.56. The van der Waals surface area contributed by atoms with Crippen LogP contribution in [0.25, 0.3) is 0 Å². The van der Waals surface area contributed by atoms with E-state index in [-0.39, 0.29) is 17.6 Å². The molecule has 6 heteroatoms. The summed E-state index contributed by atoms with van der Waals surface area (Å²) >= 11 is 0. The molecule has 0 radical (unpaired) electrons. The number of carbonyl (C=O) groups excluding carboxylic acids is 1. The van der Waals surface area contributed by atoms with Crippen LogP contribution in [0.15, 0.2) is 24.3 Å². The van der Waals surface area contributed by atoms with Gasteiger partial charge < -0.3 is 10.1 Å². The van der Waals surface area contributed by atoms with Gasteiger partial charge in [-0.05, 0) is 37.8 Å². The summed E-state index contributed by atoms with van der Waals surface area (Å²) in [7, 11) is 1.42. The number of anilines is 1. The van der Waals surface area contributed by atoms with Crippen LogP contribution in [0.2, 0.25) is 0 Å². The van der Waals surface area contributed by atoms with Crippen LogP contribution in [-0.4, -0.2) is 24.0 Å². The van der Waals surface area contributed by atoms with E-state index in [2.05, 4.69) is 5.32 Å². The van der Waals surface area contributed by atoms with E-state index in [9.17, 15) is 14.9 Å². The zero-order valence-electron chi connectivity index (χ0n) is 11.4. The number of nitrogens with zero attached hydrogens (tertiary/aromatic N) is 1. The Morgan fingerprint density at radius 3 is 2.35 bits per heavy atom. The fourth-order valence-corrected chi connectivity index (χ4v) is 2.56. The third-order valence-corrected chi connectivity index (χ3v) is 3.71. The summed E-state index contributed by atoms with van der Waals surface area (Å²) < 4.78 is 4.76. The number of nitro benzene ring substituents is 1. The van der Waals surface area contributed by atoms with Crippen molar-refractivity contribution in [2.45, 2.75) is 31.7 Å². The van der Waals surface area contributed by atoms with E-state index in [1.807, 2.05) is 0 Å². The van der Waals surface area contributed by atoms with Crippen LogP contribution >= 0.6 is 0 Å². The number of nitro groups is 1. The average Bonchev–Trinajstić information content (AvgIpc) is 2.48. The van der Waals surface area contributed by atoms with Gasteiger partial charge in [0.2, 0.25) is 0 Å². The minimum absolute atomic E-state index is 0.00918. The molecule has 20 heavy (non-hydrogen) atoms. The van der Waals surface area contributed by atoms with Gasteiger partial charge in [0.25, 0.3) is 5.69 Å². The smallest absolute Gasteiger partial charge is 0.308 e. The molecule has 0 amide bonds. The molecule has 6 nitrogen and oxygen atoms in total. The van der Waals surface area contributed by atoms with Gasteiger partial charge in [-0.25, -0.2) is 0 Å². The Balaban J connectivity index is 1.86. The Morgan fingerprint density at radius 1 is 1.25 bits per heavy atom. The standard InChI is InChI=1S/C14H18N2O4/c1-20-14(17)10-2-4-11(5-3-10)15-12-6-8-13(9-7-12)16(18)19/h6-11,15H,2-5H2,1H3. The van der Waals surface area contributed by atoms with Crippen molar-refractivity contribution < 1.29 is 14.5 Å². The Morgan fingerprint density at radius 2 is 1.85 bits per heavy atom. The minimum atomic E-state index is -0.411. The summed E-state index contributed by atoms with van der Waals surface area (Å²) in [5.74, 6) is -0.117. The van der Waals surface area contributed by atoms with Crippen LogP contribution in [0.3, 0.4) is 0 Å². The predicted molar refractivity (Wildman–Crippen MR) is 74.5 cm³/mol. The number of hydrogen-bond donors (Lipinski definition) is 1. The Hall–Kier alpha value is -2.11. The highest BCUT2D eigenvalue weighted by Crippen LogP contribution is 2.27. The largest absolute Gasteiger partial charge is 0.469 e. The van der Waals surface area contributed by atoms with Crippen LogP contribution < -0.4 is 5.32 Å². The van der Waals surface area contributed by atoms with Gasteiger partial charge in [-0.1, -0.05) is 0 Å². The number of nitrogens with one attached hydrogen (secondary N) is 1. The molecule has 0 aromatic heterocycles. The van der Waals surface area contributed by atoms with E-state index in [0.29, 0.717) is 6.04 Å². The molecule has 0 atom stereocenters. The Kier molecular flexibility index (Phi) is 4.55. The molecule has 1 N–H and O–H groups in total. The fraction of sp³-hybridized carbons (Fsp3) is 0.500. The quantitative estimate of drug-likeness (QED) is 0.520. The maximum atomic E-state index is 11.4. The molecular weight excluding hydrogens is 260 g/mol. The summed E-state index contributed by atoms with van der Waals surface area (Å²) in [6.07, 6.45) is 3.43. The molecular formula is C14H18N2O4. The second-order valence-corrected chi connectivity index (χ2v) is 5.02. The normalized spacial score (nSPS) is 22.1. The number of benzene rings is 1. The van der Waals surface area contributed by atoms with Crippen molar-refractivity contribution in [2.75, 3.05) is 12.4 Å². The summed E-state index contributed by atoms with van der Waals surface area (Å²) in [5.41, 5.74) is 0.960. The van der Waals surface area contributed by atoms with Crippen molar-refractivity contribution in [1.29, 1.82) is 0 Å². The number of carbonyl (C=O) groups is 1. The first-order chi connectivity index (χ1) is 9.60. The van der Waals surface area contributed by atoms with E-state index in [0.717, 1.165) is 31.4 Å². The monoisotopic (exact) mass is 278 g/mol. The highest BCUT2D eigenvalue weighted by atomic mass is 16.6. The molecule has 1 aromatic carbocycles. The number of rotatable bonds is 4. The molecule has 0 spiro atoms. The average molecular weight is 278 g/mol. The molecule has 1 fully saturated rings. The van der Waals surface area contributed by atoms with Crippen molar-refractivity contribution in [3.8, 4) is 0 Å². The molecule has 1 aliphatic carbocycles. The number of ether oxygens (including phenoxy) is 1. The van der Waals surface area contributed by atoms with Gasteiger partial charge in [-0.3, -0.25) is 14.9 Å². The Labute approximate surface area is 117 Å². The second-order valence-electron chi connectivity index (χ2n) is 5.02. The van der Waals surface area contributed by atoms with Gasteiger partial charge in [0.1, 0.15) is 0 Å². The number of methoxy groups -OCH3 is 1. The van der Waals surface area contributed by atoms with Gasteiger partial charge in [-0.2, -0.15) is 0 Å². The maximum Gasteiger partial charge on any atom is 0.308 e. The summed E-state index contributed by atoms with van der Waals surface area (Å²) in [5, 5.41) is 13.9. The van der Waals surface area contributed by atoms with Gasteiger partial charge in [0, 0.05) is 23.9 Å². The van der Waals surface area contributed by atoms with Crippen LogP contribution in [0.1, 0.15) is 25.7 Å². The van der Waals surface area contributed by atoms with Crippen LogP contribution in [0, 0.1) is 16.0 Å². The number of esters is 1. The lowest BCUT2D eigenvalue weighted by Gasteiger charge is -2.28. The topological polar surface area (TPSA) is 81.5 Å². The lowest BCUT2D eigenvalue weighted by atomic mass is 9.86. The van der Waals surface area contributed by atoms with Gasteiger partial charge >= 0.3 is 5.97 Å². The summed E-state index contributed by atoms with van der Waals surface area (Å²) in [6, 6.07) is 6.71. The van der Waals surface area contributed by atoms with E-state index in [4.69, 9.17) is 4.74 Å². The van der Waals surface area contributed by atoms with Crippen LogP contribution in [-0.2, 0) is 9.53 Å². The molecule has 1 saturated carbocycles. The maximum absolute atomic E-state index is 11.4. The van der Waals surface area contributed by atoms with Crippen molar-refractivity contribution >= 4 is 17.3 Å². The molecule has 2 rings (SSSR count). The van der Waals surface area contributed by atoms with Crippen molar-refractivity contribution in [1.82, 2.24) is 0 Å². The molecule has 0 unspecified atom stereocenters. The lowest BCUT2D eigenvalue weighted by molar-refractivity contribution is -0.384. The number of hydrogen-bond acceptors (Lipinski definition) is 5. The molecule has 1 aliphatic rings. The van der Waals surface area contributed by atoms with Crippen molar-refractivity contribution in [2.24, 2.45) is 5.92 Å². The van der Waals surface area contributed by atoms with Gasteiger partial charge in [0.15, 0.2) is 0 Å². The SMILES string of the molecule is COC(=O)C1CCC(Nc2ccc([N+](=O)[O-])cc2)CC1. The Bertz CT molecular complexity index is 478. The summed E-state index contributed by atoms with van der Waals surface area (Å²) in [6.45, 7) is 0. The molecule has 0 heterocycles. The van der Waals surface area contributed by atoms with Crippen LogP contribution in [0.5, 0.6) is 0 Å². The predicted octanol–water partition coefficient (Wildman–Crippen LogP) is 2.74. The first-order valence-electron chi connectivity index (χ1n) is 6.69. The highest BCUT2D eigenvalue weighted by molar-refractivity contribution is 5.72. The first kappa shape index (κ1) is 14.3. The minimum Gasteiger partial charge on any atom is -0.469 e. The molecule has 108 valence electrons. The van der Waals surface area contributed by atoms with E-state index in [1.54, 1.807) is 12.1 Å². The van der Waals surface area contributed by atoms with Crippen molar-refractivity contribution in [3.63, 3.8) is 0 Å². The van der Waals surface area contributed by atoms with E-state index < -0.39 is 4.92 Å². The number of non-ortho nitro benzene ring substituents is 1. The molecule has 1 aromatic rings. The van der Waals surface area contributed by atoms with Gasteiger partial charge in [0.05, 0.1) is 18.0 Å². The molecule has 0 aliphatic heterocycles. The van der Waals surface area contributed by atoms with E-state index in [1.165, 1.54) is 19.2 Å². The third-order valence-electron chi connectivity index (χ3n) is 3.71. The lowest BCUT2D eigenvalue weighted by Crippen LogP contribution is -2.29. The zero-order valence-corrected chi connectivity index (χ0v) is 11.4. The zero-order chi connectivity index (χ0) is 14.5. The first-order valence-corrected chi connectivity index (χ1v) is 6.69. The molecule has 0 bridgehead atoms. The third kappa shape index (κ3) is 3.46. The summed E-state index contributed by atoms with van der Waals surface area (Å²) in [4.78, 5) is 21.6.